The summed E-state index contributed by atoms with van der Waals surface area (Å²) in [4.78, 5) is 8.68. The third-order valence-corrected chi connectivity index (χ3v) is 5.56. The summed E-state index contributed by atoms with van der Waals surface area (Å²) in [7, 11) is 0. The maximum atomic E-state index is 14.5. The molecule has 1 aliphatic rings. The maximum Gasteiger partial charge on any atom is 0.221 e. The number of nitrogen functional groups attached to an aromatic ring is 1. The molecule has 3 N–H and O–H groups in total. The van der Waals surface area contributed by atoms with E-state index in [1.54, 1.807) is 19.1 Å². The highest BCUT2D eigenvalue weighted by molar-refractivity contribution is 6.12. The maximum absolute atomic E-state index is 14.5. The number of rotatable bonds is 2. The normalized spacial score (nSPS) is 14.7. The van der Waals surface area contributed by atoms with Crippen molar-refractivity contribution in [3.8, 4) is 17.0 Å². The Morgan fingerprint density at radius 3 is 2.67 bits per heavy atom. The summed E-state index contributed by atoms with van der Waals surface area (Å²) in [5.41, 5.74) is 9.76. The number of fused-ring (bicyclic) bond motifs is 2. The first kappa shape index (κ1) is 16.1. The summed E-state index contributed by atoms with van der Waals surface area (Å²) in [6.07, 6.45) is 5.09. The van der Waals surface area contributed by atoms with Crippen molar-refractivity contribution in [3.05, 3.63) is 48.2 Å². The van der Waals surface area contributed by atoms with Gasteiger partial charge >= 0.3 is 0 Å². The number of hydrogen-bond donors (Lipinski definition) is 2. The number of aromatic nitrogens is 3. The van der Waals surface area contributed by atoms with Crippen molar-refractivity contribution < 1.29 is 9.50 Å². The molecule has 0 saturated heterocycles. The van der Waals surface area contributed by atoms with E-state index >= 15 is 0 Å². The number of pyridine rings is 2. The van der Waals surface area contributed by atoms with Gasteiger partial charge in [-0.1, -0.05) is 18.2 Å². The molecule has 0 aliphatic heterocycles. The Morgan fingerprint density at radius 2 is 1.96 bits per heavy atom. The van der Waals surface area contributed by atoms with Crippen molar-refractivity contribution in [1.29, 1.82) is 0 Å². The van der Waals surface area contributed by atoms with Crippen molar-refractivity contribution >= 4 is 27.5 Å². The van der Waals surface area contributed by atoms with E-state index in [4.69, 9.17) is 10.7 Å². The molecule has 0 amide bonds. The topological polar surface area (TPSA) is 77.0 Å². The second kappa shape index (κ2) is 5.67. The summed E-state index contributed by atoms with van der Waals surface area (Å²) in [6, 6.07) is 9.27. The SMILES string of the molecule is Cc1ccc(-c2cccc3c(N)c4c(O)n(C5CCC5)cc4nc23)c(F)n1. The van der Waals surface area contributed by atoms with E-state index in [9.17, 15) is 9.50 Å². The van der Waals surface area contributed by atoms with E-state index in [1.807, 2.05) is 29.0 Å². The molecule has 0 atom stereocenters. The van der Waals surface area contributed by atoms with Gasteiger partial charge in [-0.25, -0.2) is 9.97 Å². The Hall–Kier alpha value is -3.15. The average molecular weight is 362 g/mol. The summed E-state index contributed by atoms with van der Waals surface area (Å²) < 4.78 is 16.4. The Bertz CT molecular complexity index is 1210. The number of para-hydroxylation sites is 1. The van der Waals surface area contributed by atoms with Gasteiger partial charge in [0.25, 0.3) is 0 Å². The lowest BCUT2D eigenvalue weighted by Gasteiger charge is -2.27. The van der Waals surface area contributed by atoms with Crippen LogP contribution in [0.5, 0.6) is 5.88 Å². The average Bonchev–Trinajstić information content (AvgIpc) is 2.90. The molecule has 0 radical (unpaired) electrons. The number of halogens is 1. The number of nitrogens with zero attached hydrogens (tertiary/aromatic N) is 3. The van der Waals surface area contributed by atoms with E-state index in [2.05, 4.69) is 4.98 Å². The van der Waals surface area contributed by atoms with Crippen LogP contribution < -0.4 is 5.73 Å². The fourth-order valence-corrected chi connectivity index (χ4v) is 3.87. The lowest BCUT2D eigenvalue weighted by atomic mass is 9.93. The van der Waals surface area contributed by atoms with Crippen molar-refractivity contribution in [3.63, 3.8) is 0 Å². The molecular weight excluding hydrogens is 343 g/mol. The minimum absolute atomic E-state index is 0.162. The van der Waals surface area contributed by atoms with Gasteiger partial charge in [0, 0.05) is 34.4 Å². The van der Waals surface area contributed by atoms with E-state index in [0.29, 0.717) is 50.4 Å². The van der Waals surface area contributed by atoms with Crippen LogP contribution in [0.25, 0.3) is 32.9 Å². The molecule has 1 aromatic carbocycles. The van der Waals surface area contributed by atoms with Crippen LogP contribution in [0.4, 0.5) is 10.1 Å². The van der Waals surface area contributed by atoms with Gasteiger partial charge in [0.1, 0.15) is 0 Å². The van der Waals surface area contributed by atoms with Crippen LogP contribution in [0.2, 0.25) is 0 Å². The van der Waals surface area contributed by atoms with Gasteiger partial charge in [-0.05, 0) is 38.3 Å². The lowest BCUT2D eigenvalue weighted by molar-refractivity contribution is 0.283. The minimum Gasteiger partial charge on any atom is -0.494 e. The molecule has 0 spiro atoms. The number of nitrogens with two attached hydrogens (primary N) is 1. The molecule has 6 heteroatoms. The molecule has 1 aliphatic carbocycles. The van der Waals surface area contributed by atoms with Gasteiger partial charge in [-0.2, -0.15) is 4.39 Å². The summed E-state index contributed by atoms with van der Waals surface area (Å²) in [5, 5.41) is 12.0. The van der Waals surface area contributed by atoms with Crippen LogP contribution in [0.1, 0.15) is 31.0 Å². The predicted molar refractivity (Wildman–Crippen MR) is 104 cm³/mol. The number of aromatic hydroxyl groups is 1. The highest BCUT2D eigenvalue weighted by atomic mass is 19.1. The third kappa shape index (κ3) is 2.29. The van der Waals surface area contributed by atoms with Crippen molar-refractivity contribution in [1.82, 2.24) is 14.5 Å². The van der Waals surface area contributed by atoms with E-state index in [0.717, 1.165) is 19.3 Å². The highest BCUT2D eigenvalue weighted by Gasteiger charge is 2.25. The van der Waals surface area contributed by atoms with Crippen LogP contribution >= 0.6 is 0 Å². The van der Waals surface area contributed by atoms with Gasteiger partial charge < -0.3 is 15.4 Å². The zero-order chi connectivity index (χ0) is 18.7. The molecule has 5 rings (SSSR count). The third-order valence-electron chi connectivity index (χ3n) is 5.56. The second-order valence-electron chi connectivity index (χ2n) is 7.22. The fourth-order valence-electron chi connectivity index (χ4n) is 3.87. The first-order valence-corrected chi connectivity index (χ1v) is 9.10. The Morgan fingerprint density at radius 1 is 1.15 bits per heavy atom. The zero-order valence-corrected chi connectivity index (χ0v) is 14.9. The van der Waals surface area contributed by atoms with Crippen molar-refractivity contribution in [2.75, 3.05) is 5.73 Å². The highest BCUT2D eigenvalue weighted by Crippen LogP contribution is 2.43. The number of anilines is 1. The fraction of sp³-hybridized carbons (Fsp3) is 0.238. The zero-order valence-electron chi connectivity index (χ0n) is 14.9. The van der Waals surface area contributed by atoms with Gasteiger partial charge in [0.15, 0.2) is 0 Å². The monoisotopic (exact) mass is 362 g/mol. The van der Waals surface area contributed by atoms with Gasteiger partial charge in [-0.3, -0.25) is 0 Å². The molecule has 4 aromatic rings. The summed E-state index contributed by atoms with van der Waals surface area (Å²) in [6.45, 7) is 1.75. The lowest BCUT2D eigenvalue weighted by Crippen LogP contribution is -2.15. The molecule has 27 heavy (non-hydrogen) atoms. The van der Waals surface area contributed by atoms with Gasteiger partial charge in [0.2, 0.25) is 11.8 Å². The number of benzene rings is 1. The molecular formula is C21H19FN4O. The first-order valence-electron chi connectivity index (χ1n) is 9.10. The molecule has 1 saturated carbocycles. The largest absolute Gasteiger partial charge is 0.494 e. The Kier molecular flexibility index (Phi) is 3.37. The van der Waals surface area contributed by atoms with Gasteiger partial charge in [-0.15, -0.1) is 0 Å². The molecule has 3 aromatic heterocycles. The van der Waals surface area contributed by atoms with Crippen LogP contribution in [0.15, 0.2) is 36.5 Å². The number of hydrogen-bond acceptors (Lipinski definition) is 4. The first-order chi connectivity index (χ1) is 13.0. The number of aryl methyl sites for hydroxylation is 1. The molecule has 0 unspecified atom stereocenters. The van der Waals surface area contributed by atoms with Gasteiger partial charge in [0.05, 0.1) is 22.1 Å². The van der Waals surface area contributed by atoms with Crippen LogP contribution in [0.3, 0.4) is 0 Å². The van der Waals surface area contributed by atoms with Crippen LogP contribution in [0, 0.1) is 12.9 Å². The standard InChI is InChI=1S/C21H19FN4O/c1-11-8-9-14(20(22)24-11)13-6-3-7-15-18(23)17-16(25-19(13)15)10-26(21(17)27)12-4-2-5-12/h3,6-10,12,27H,2,4-5,23H2,1H3. The van der Waals surface area contributed by atoms with Crippen molar-refractivity contribution in [2.24, 2.45) is 0 Å². The smallest absolute Gasteiger partial charge is 0.221 e. The molecule has 1 fully saturated rings. The predicted octanol–water partition coefficient (Wildman–Crippen LogP) is 4.71. The summed E-state index contributed by atoms with van der Waals surface area (Å²) in [5.74, 6) is -0.368. The summed E-state index contributed by atoms with van der Waals surface area (Å²) >= 11 is 0. The van der Waals surface area contributed by atoms with E-state index < -0.39 is 5.95 Å². The molecule has 0 bridgehead atoms. The van der Waals surface area contributed by atoms with Crippen LogP contribution in [-0.4, -0.2) is 19.6 Å². The Labute approximate surface area is 155 Å². The molecule has 136 valence electrons. The minimum atomic E-state index is -0.530. The van der Waals surface area contributed by atoms with E-state index in [1.165, 1.54) is 0 Å². The van der Waals surface area contributed by atoms with E-state index in [-0.39, 0.29) is 5.88 Å². The van der Waals surface area contributed by atoms with Crippen molar-refractivity contribution in [2.45, 2.75) is 32.2 Å². The van der Waals surface area contributed by atoms with Crippen LogP contribution in [-0.2, 0) is 0 Å². The second-order valence-corrected chi connectivity index (χ2v) is 7.22. The quantitative estimate of drug-likeness (QED) is 0.506. The molecule has 3 heterocycles. The Balaban J connectivity index is 1.81. The molecule has 5 nitrogen and oxygen atoms in total.